The number of aromatic amines is 1. The second-order valence-corrected chi connectivity index (χ2v) is 8.13. The number of fused-ring (bicyclic) bond motifs is 3. The van der Waals surface area contributed by atoms with E-state index in [0.717, 1.165) is 64.8 Å². The number of benzene rings is 1. The summed E-state index contributed by atoms with van der Waals surface area (Å²) in [6.45, 7) is 6.23. The van der Waals surface area contributed by atoms with Crippen molar-refractivity contribution >= 4 is 27.6 Å². The summed E-state index contributed by atoms with van der Waals surface area (Å²) in [6.07, 6.45) is 6.01. The van der Waals surface area contributed by atoms with E-state index in [1.807, 2.05) is 35.3 Å². The number of nitrogens with one attached hydrogen (secondary N) is 3. The van der Waals surface area contributed by atoms with Crippen molar-refractivity contribution in [1.29, 1.82) is 5.26 Å². The Morgan fingerprint density at radius 3 is 2.87 bits per heavy atom. The molecular weight excluding hydrogens is 376 g/mol. The molecular formula is C22H24N8. The lowest BCUT2D eigenvalue weighted by atomic mass is 10.1. The Kier molecular flexibility index (Phi) is 4.60. The zero-order valence-electron chi connectivity index (χ0n) is 17.1. The molecule has 5 rings (SSSR count). The molecule has 3 aromatic heterocycles. The highest BCUT2D eigenvalue weighted by molar-refractivity contribution is 6.11. The normalized spacial score (nSPS) is 15.1. The molecule has 0 amide bonds. The number of pyridine rings is 1. The van der Waals surface area contributed by atoms with E-state index < -0.39 is 0 Å². The molecule has 1 aliphatic rings. The van der Waals surface area contributed by atoms with Crippen LogP contribution in [0.1, 0.15) is 38.3 Å². The molecule has 30 heavy (non-hydrogen) atoms. The van der Waals surface area contributed by atoms with Gasteiger partial charge >= 0.3 is 0 Å². The largest absolute Gasteiger partial charge is 0.381 e. The number of hydrogen-bond donors (Lipinski definition) is 3. The molecule has 1 saturated heterocycles. The Balaban J connectivity index is 1.65. The molecule has 152 valence electrons. The predicted molar refractivity (Wildman–Crippen MR) is 117 cm³/mol. The molecule has 0 aliphatic carbocycles. The van der Waals surface area contributed by atoms with Crippen molar-refractivity contribution in [3.8, 4) is 17.3 Å². The summed E-state index contributed by atoms with van der Waals surface area (Å²) in [7, 11) is 0. The van der Waals surface area contributed by atoms with Gasteiger partial charge in [-0.05, 0) is 58.0 Å². The first-order valence-electron chi connectivity index (χ1n) is 10.4. The molecule has 1 aliphatic heterocycles. The SMILES string of the molecule is CC(C)Nc1c(-c2cn(C3CCNCC3)nn2)cnc2c1[nH]c1cc(C#N)ccc12. The third kappa shape index (κ3) is 3.17. The molecule has 8 heteroatoms. The number of aromatic nitrogens is 5. The lowest BCUT2D eigenvalue weighted by Crippen LogP contribution is -2.29. The van der Waals surface area contributed by atoms with Crippen LogP contribution in [0.15, 0.2) is 30.6 Å². The van der Waals surface area contributed by atoms with Crippen molar-refractivity contribution in [3.63, 3.8) is 0 Å². The van der Waals surface area contributed by atoms with Gasteiger partial charge < -0.3 is 15.6 Å². The number of rotatable bonds is 4. The maximum absolute atomic E-state index is 9.23. The lowest BCUT2D eigenvalue weighted by molar-refractivity contribution is 0.337. The third-order valence-corrected chi connectivity index (χ3v) is 5.64. The van der Waals surface area contributed by atoms with Gasteiger partial charge in [0.2, 0.25) is 0 Å². The molecule has 4 heterocycles. The van der Waals surface area contributed by atoms with Gasteiger partial charge in [0.1, 0.15) is 5.69 Å². The summed E-state index contributed by atoms with van der Waals surface area (Å²) >= 11 is 0. The predicted octanol–water partition coefficient (Wildman–Crippen LogP) is 3.59. The van der Waals surface area contributed by atoms with E-state index >= 15 is 0 Å². The summed E-state index contributed by atoms with van der Waals surface area (Å²) in [5.41, 5.74) is 6.01. The Labute approximate surface area is 174 Å². The Bertz CT molecular complexity index is 1250. The fraction of sp³-hybridized carbons (Fsp3) is 0.364. The van der Waals surface area contributed by atoms with E-state index in [2.05, 4.69) is 45.8 Å². The molecule has 4 aromatic rings. The zero-order valence-corrected chi connectivity index (χ0v) is 17.1. The average molecular weight is 400 g/mol. The van der Waals surface area contributed by atoms with Crippen LogP contribution in [-0.4, -0.2) is 44.1 Å². The fourth-order valence-corrected chi connectivity index (χ4v) is 4.18. The summed E-state index contributed by atoms with van der Waals surface area (Å²) in [5, 5.41) is 26.1. The van der Waals surface area contributed by atoms with Crippen LogP contribution < -0.4 is 10.6 Å². The number of anilines is 1. The van der Waals surface area contributed by atoms with Crippen LogP contribution in [0.2, 0.25) is 0 Å². The Morgan fingerprint density at radius 2 is 2.10 bits per heavy atom. The minimum absolute atomic E-state index is 0.231. The van der Waals surface area contributed by atoms with Crippen molar-refractivity contribution in [2.75, 3.05) is 18.4 Å². The van der Waals surface area contributed by atoms with Crippen molar-refractivity contribution in [2.24, 2.45) is 0 Å². The molecule has 0 bridgehead atoms. The zero-order chi connectivity index (χ0) is 20.7. The summed E-state index contributed by atoms with van der Waals surface area (Å²) in [6, 6.07) is 8.45. The number of nitrogens with zero attached hydrogens (tertiary/aromatic N) is 5. The summed E-state index contributed by atoms with van der Waals surface area (Å²) in [4.78, 5) is 8.22. The molecule has 0 spiro atoms. The van der Waals surface area contributed by atoms with Crippen LogP contribution >= 0.6 is 0 Å². The molecule has 0 unspecified atom stereocenters. The maximum Gasteiger partial charge on any atom is 0.116 e. The summed E-state index contributed by atoms with van der Waals surface area (Å²) < 4.78 is 1.99. The smallest absolute Gasteiger partial charge is 0.116 e. The average Bonchev–Trinajstić information content (AvgIpc) is 3.39. The van der Waals surface area contributed by atoms with E-state index in [4.69, 9.17) is 4.98 Å². The number of nitriles is 1. The van der Waals surface area contributed by atoms with Crippen molar-refractivity contribution in [1.82, 2.24) is 30.3 Å². The van der Waals surface area contributed by atoms with Crippen LogP contribution in [0.3, 0.4) is 0 Å². The van der Waals surface area contributed by atoms with Gasteiger partial charge in [0.05, 0.1) is 40.6 Å². The van der Waals surface area contributed by atoms with E-state index in [1.165, 1.54) is 0 Å². The molecule has 8 nitrogen and oxygen atoms in total. The number of hydrogen-bond acceptors (Lipinski definition) is 6. The molecule has 1 fully saturated rings. The third-order valence-electron chi connectivity index (χ3n) is 5.64. The topological polar surface area (TPSA) is 107 Å². The minimum atomic E-state index is 0.231. The van der Waals surface area contributed by atoms with Crippen molar-refractivity contribution in [2.45, 2.75) is 38.8 Å². The van der Waals surface area contributed by atoms with Gasteiger partial charge in [0.15, 0.2) is 0 Å². The maximum atomic E-state index is 9.23. The quantitative estimate of drug-likeness (QED) is 0.483. The monoisotopic (exact) mass is 400 g/mol. The van der Waals surface area contributed by atoms with Gasteiger partial charge in [-0.3, -0.25) is 4.98 Å². The van der Waals surface area contributed by atoms with Crippen LogP contribution in [0.25, 0.3) is 33.2 Å². The van der Waals surface area contributed by atoms with Gasteiger partial charge in [-0.25, -0.2) is 4.68 Å². The highest BCUT2D eigenvalue weighted by atomic mass is 15.4. The Hall–Kier alpha value is -3.44. The number of H-pyrrole nitrogens is 1. The molecule has 1 aromatic carbocycles. The van der Waals surface area contributed by atoms with Crippen LogP contribution in [0.5, 0.6) is 0 Å². The first-order valence-corrected chi connectivity index (χ1v) is 10.4. The lowest BCUT2D eigenvalue weighted by Gasteiger charge is -2.22. The second kappa shape index (κ2) is 7.43. The second-order valence-electron chi connectivity index (χ2n) is 8.13. The molecule has 0 saturated carbocycles. The number of piperidine rings is 1. The molecule has 0 atom stereocenters. The van der Waals surface area contributed by atoms with E-state index in [1.54, 1.807) is 0 Å². The standard InChI is InChI=1S/C22H24N8/c1-13(2)26-21-17(19-12-30(29-28-19)15-5-7-24-8-6-15)11-25-20-16-4-3-14(10-23)9-18(16)27-22(20)21/h3-4,9,11-13,15,24,27H,5-8H2,1-2H3,(H,25,26). The Morgan fingerprint density at radius 1 is 1.27 bits per heavy atom. The first-order chi connectivity index (χ1) is 14.6. The van der Waals surface area contributed by atoms with Gasteiger partial charge in [-0.2, -0.15) is 5.26 Å². The fourth-order valence-electron chi connectivity index (χ4n) is 4.18. The van der Waals surface area contributed by atoms with Crippen LogP contribution in [0.4, 0.5) is 5.69 Å². The summed E-state index contributed by atoms with van der Waals surface area (Å²) in [5.74, 6) is 0. The van der Waals surface area contributed by atoms with Crippen LogP contribution in [-0.2, 0) is 0 Å². The molecule has 3 N–H and O–H groups in total. The highest BCUT2D eigenvalue weighted by Gasteiger charge is 2.21. The highest BCUT2D eigenvalue weighted by Crippen LogP contribution is 2.36. The van der Waals surface area contributed by atoms with Gasteiger partial charge in [-0.1, -0.05) is 5.21 Å². The van der Waals surface area contributed by atoms with Crippen LogP contribution in [0, 0.1) is 11.3 Å². The molecule has 0 radical (unpaired) electrons. The van der Waals surface area contributed by atoms with Crippen molar-refractivity contribution < 1.29 is 0 Å². The first kappa shape index (κ1) is 18.6. The van der Waals surface area contributed by atoms with Gasteiger partial charge in [0.25, 0.3) is 0 Å². The van der Waals surface area contributed by atoms with Gasteiger partial charge in [-0.15, -0.1) is 5.10 Å². The van der Waals surface area contributed by atoms with Crippen molar-refractivity contribution in [3.05, 3.63) is 36.2 Å². The van der Waals surface area contributed by atoms with E-state index in [0.29, 0.717) is 11.6 Å². The van der Waals surface area contributed by atoms with E-state index in [-0.39, 0.29) is 6.04 Å². The van der Waals surface area contributed by atoms with E-state index in [9.17, 15) is 5.26 Å². The van der Waals surface area contributed by atoms with Gasteiger partial charge in [0, 0.05) is 28.7 Å². The minimum Gasteiger partial charge on any atom is -0.381 e.